The number of hydrogen-bond acceptors (Lipinski definition) is 5. The van der Waals surface area contributed by atoms with E-state index in [1.165, 1.54) is 36.2 Å². The van der Waals surface area contributed by atoms with E-state index in [1.807, 2.05) is 30.3 Å². The molecule has 1 amide bonds. The summed E-state index contributed by atoms with van der Waals surface area (Å²) in [4.78, 5) is 38.5. The van der Waals surface area contributed by atoms with E-state index in [4.69, 9.17) is 0 Å². The molecule has 0 bridgehead atoms. The molecule has 1 aromatic carbocycles. The number of ether oxygens (including phenoxy) is 1. The predicted molar refractivity (Wildman–Crippen MR) is 127 cm³/mol. The Balaban J connectivity index is 1.47. The summed E-state index contributed by atoms with van der Waals surface area (Å²) in [6, 6.07) is 12.7. The van der Waals surface area contributed by atoms with Crippen molar-refractivity contribution in [2.75, 3.05) is 13.7 Å². The van der Waals surface area contributed by atoms with Crippen molar-refractivity contribution in [2.45, 2.75) is 56.9 Å². The van der Waals surface area contributed by atoms with Crippen LogP contribution in [-0.4, -0.2) is 48.2 Å². The van der Waals surface area contributed by atoms with Crippen molar-refractivity contribution in [3.8, 4) is 0 Å². The Morgan fingerprint density at radius 1 is 1.12 bits per heavy atom. The molecule has 182 valence electrons. The van der Waals surface area contributed by atoms with E-state index >= 15 is 0 Å². The van der Waals surface area contributed by atoms with Crippen molar-refractivity contribution >= 4 is 29.0 Å². The zero-order valence-corrected chi connectivity index (χ0v) is 20.0. The molecule has 3 rings (SSSR count). The molecule has 2 heterocycles. The number of alkyl halides is 2. The number of thiophene rings is 1. The first-order valence-electron chi connectivity index (χ1n) is 11.4. The number of carbonyl (C=O) groups is 3. The number of methoxy groups -OCH3 is 1. The molecule has 0 radical (unpaired) electrons. The van der Waals surface area contributed by atoms with Gasteiger partial charge in [0.2, 0.25) is 0 Å². The van der Waals surface area contributed by atoms with Crippen LogP contribution < -0.4 is 0 Å². The molecule has 1 aromatic heterocycles. The minimum Gasteiger partial charge on any atom is -0.465 e. The number of unbranched alkanes of at least 4 members (excludes halogenated alkanes) is 1. The number of benzene rings is 1. The fraction of sp³-hybridized carbons (Fsp3) is 0.423. The summed E-state index contributed by atoms with van der Waals surface area (Å²) in [5.74, 6) is -5.15. The fourth-order valence-electron chi connectivity index (χ4n) is 3.98. The van der Waals surface area contributed by atoms with Crippen molar-refractivity contribution in [1.82, 2.24) is 4.90 Å². The van der Waals surface area contributed by atoms with Gasteiger partial charge in [-0.05, 0) is 55.9 Å². The van der Waals surface area contributed by atoms with E-state index in [0.717, 1.165) is 29.0 Å². The molecule has 1 fully saturated rings. The minimum absolute atomic E-state index is 0.121. The molecule has 0 spiro atoms. The largest absolute Gasteiger partial charge is 0.465 e. The van der Waals surface area contributed by atoms with Crippen LogP contribution in [0.5, 0.6) is 0 Å². The van der Waals surface area contributed by atoms with Crippen molar-refractivity contribution in [2.24, 2.45) is 0 Å². The maximum Gasteiger partial charge on any atom is 0.348 e. The number of carbonyl (C=O) groups excluding carboxylic acids is 3. The van der Waals surface area contributed by atoms with Gasteiger partial charge in [-0.1, -0.05) is 36.4 Å². The fourth-order valence-corrected chi connectivity index (χ4v) is 4.95. The molecule has 2 aromatic rings. The zero-order valence-electron chi connectivity index (χ0n) is 19.2. The van der Waals surface area contributed by atoms with E-state index in [2.05, 4.69) is 4.74 Å². The SMILES string of the molecule is COC(=O)c1ccc(CCCN2C(=O)C(F)(F)CC2/C=C/C(=O)CCCCc2ccccc2)s1. The van der Waals surface area contributed by atoms with Gasteiger partial charge in [0.15, 0.2) is 5.78 Å². The minimum atomic E-state index is -3.42. The highest BCUT2D eigenvalue weighted by Crippen LogP contribution is 2.34. The summed E-state index contributed by atoms with van der Waals surface area (Å²) in [6.07, 6.45) is 6.02. The first-order chi connectivity index (χ1) is 16.3. The average molecular weight is 490 g/mol. The monoisotopic (exact) mass is 489 g/mol. The van der Waals surface area contributed by atoms with Crippen molar-refractivity contribution in [3.63, 3.8) is 0 Å². The summed E-state index contributed by atoms with van der Waals surface area (Å²) in [5.41, 5.74) is 1.22. The van der Waals surface area contributed by atoms with Crippen molar-refractivity contribution in [3.05, 3.63) is 69.9 Å². The Hall–Kier alpha value is -2.87. The number of aryl methyl sites for hydroxylation is 2. The van der Waals surface area contributed by atoms with E-state index in [0.29, 0.717) is 24.1 Å². The Kier molecular flexibility index (Phi) is 9.10. The lowest BCUT2D eigenvalue weighted by atomic mass is 10.1. The molecule has 0 saturated carbocycles. The van der Waals surface area contributed by atoms with Gasteiger partial charge in [0.25, 0.3) is 5.91 Å². The normalized spacial score (nSPS) is 17.4. The van der Waals surface area contributed by atoms with Crippen LogP contribution in [0, 0.1) is 0 Å². The number of allylic oxidation sites excluding steroid dienone is 1. The van der Waals surface area contributed by atoms with Crippen molar-refractivity contribution in [1.29, 1.82) is 0 Å². The van der Waals surface area contributed by atoms with Crippen LogP contribution in [0.3, 0.4) is 0 Å². The first kappa shape index (κ1) is 25.7. The summed E-state index contributed by atoms with van der Waals surface area (Å²) in [6.45, 7) is 0.153. The summed E-state index contributed by atoms with van der Waals surface area (Å²) < 4.78 is 32.9. The highest BCUT2D eigenvalue weighted by atomic mass is 32.1. The number of nitrogens with zero attached hydrogens (tertiary/aromatic N) is 1. The van der Waals surface area contributed by atoms with Crippen LogP contribution in [0.1, 0.15) is 52.2 Å². The van der Waals surface area contributed by atoms with Gasteiger partial charge in [-0.3, -0.25) is 9.59 Å². The lowest BCUT2D eigenvalue weighted by molar-refractivity contribution is -0.148. The topological polar surface area (TPSA) is 63.7 Å². The zero-order chi connectivity index (χ0) is 24.6. The predicted octanol–water partition coefficient (Wildman–Crippen LogP) is 5.24. The standard InChI is InChI=1S/C26H29F2NO4S/c1-33-24(31)23-16-15-22(34-23)12-7-17-29-20(18-26(27,28)25(29)32)13-14-21(30)11-6-5-10-19-8-3-2-4-9-19/h2-4,8-9,13-16,20H,5-7,10-12,17-18H2,1H3/b14-13+. The Labute approximate surface area is 202 Å². The van der Waals surface area contributed by atoms with Crippen LogP contribution in [0.25, 0.3) is 0 Å². The average Bonchev–Trinajstić information content (AvgIpc) is 3.38. The van der Waals surface area contributed by atoms with Gasteiger partial charge in [-0.15, -0.1) is 11.3 Å². The third-order valence-corrected chi connectivity index (χ3v) is 6.92. The van der Waals surface area contributed by atoms with Gasteiger partial charge < -0.3 is 9.64 Å². The second-order valence-electron chi connectivity index (χ2n) is 8.35. The number of likely N-dealkylation sites (tertiary alicyclic amines) is 1. The maximum absolute atomic E-state index is 14.1. The van der Waals surface area contributed by atoms with Gasteiger partial charge in [0.05, 0.1) is 13.2 Å². The second kappa shape index (κ2) is 12.0. The van der Waals surface area contributed by atoms with Crippen LogP contribution in [-0.2, 0) is 27.2 Å². The quantitative estimate of drug-likeness (QED) is 0.232. The van der Waals surface area contributed by atoms with Gasteiger partial charge in [0, 0.05) is 24.3 Å². The molecule has 34 heavy (non-hydrogen) atoms. The van der Waals surface area contributed by atoms with E-state index in [1.54, 1.807) is 12.1 Å². The molecule has 8 heteroatoms. The Bertz CT molecular complexity index is 1020. The third-order valence-electron chi connectivity index (χ3n) is 5.80. The van der Waals surface area contributed by atoms with Gasteiger partial charge in [-0.25, -0.2) is 4.79 Å². The lowest BCUT2D eigenvalue weighted by Crippen LogP contribution is -2.36. The molecule has 1 aliphatic rings. The van der Waals surface area contributed by atoms with Crippen LogP contribution in [0.2, 0.25) is 0 Å². The number of ketones is 1. The van der Waals surface area contributed by atoms with Gasteiger partial charge in [0.1, 0.15) is 4.88 Å². The highest BCUT2D eigenvalue weighted by Gasteiger charge is 2.52. The van der Waals surface area contributed by atoms with Crippen LogP contribution in [0.15, 0.2) is 54.6 Å². The number of halogens is 2. The molecule has 1 atom stereocenters. The van der Waals surface area contributed by atoms with Gasteiger partial charge >= 0.3 is 11.9 Å². The number of esters is 1. The molecule has 1 saturated heterocycles. The highest BCUT2D eigenvalue weighted by molar-refractivity contribution is 7.13. The van der Waals surface area contributed by atoms with E-state index < -0.39 is 30.3 Å². The smallest absolute Gasteiger partial charge is 0.348 e. The number of rotatable bonds is 12. The lowest BCUT2D eigenvalue weighted by Gasteiger charge is -2.21. The molecule has 1 aliphatic heterocycles. The third kappa shape index (κ3) is 7.06. The summed E-state index contributed by atoms with van der Waals surface area (Å²) in [5, 5.41) is 0. The van der Waals surface area contributed by atoms with E-state index in [9.17, 15) is 23.2 Å². The molecular formula is C26H29F2NO4S. The Morgan fingerprint density at radius 2 is 1.88 bits per heavy atom. The van der Waals surface area contributed by atoms with Crippen LogP contribution >= 0.6 is 11.3 Å². The molecule has 0 aliphatic carbocycles. The van der Waals surface area contributed by atoms with Crippen molar-refractivity contribution < 1.29 is 27.9 Å². The first-order valence-corrected chi connectivity index (χ1v) is 12.2. The van der Waals surface area contributed by atoms with Gasteiger partial charge in [-0.2, -0.15) is 8.78 Å². The Morgan fingerprint density at radius 3 is 2.62 bits per heavy atom. The summed E-state index contributed by atoms with van der Waals surface area (Å²) >= 11 is 1.29. The number of hydrogen-bond donors (Lipinski definition) is 0. The molecule has 0 N–H and O–H groups in total. The molecule has 5 nitrogen and oxygen atoms in total. The molecular weight excluding hydrogens is 460 g/mol. The molecule has 1 unspecified atom stereocenters. The van der Waals surface area contributed by atoms with E-state index in [-0.39, 0.29) is 12.3 Å². The number of amides is 1. The summed E-state index contributed by atoms with van der Waals surface area (Å²) in [7, 11) is 1.31. The maximum atomic E-state index is 14.1. The second-order valence-corrected chi connectivity index (χ2v) is 9.52. The van der Waals surface area contributed by atoms with Crippen LogP contribution in [0.4, 0.5) is 8.78 Å².